The molecule has 1 heterocycles. The van der Waals surface area contributed by atoms with Gasteiger partial charge in [-0.2, -0.15) is 0 Å². The number of hydrogen-bond donors (Lipinski definition) is 2. The Bertz CT molecular complexity index is 528. The summed E-state index contributed by atoms with van der Waals surface area (Å²) in [6.07, 6.45) is -0.733. The van der Waals surface area contributed by atoms with Gasteiger partial charge in [0.2, 0.25) is 0 Å². The lowest BCUT2D eigenvalue weighted by Gasteiger charge is -2.11. The second kappa shape index (κ2) is 4.34. The van der Waals surface area contributed by atoms with Crippen molar-refractivity contribution in [1.29, 1.82) is 0 Å². The van der Waals surface area contributed by atoms with Crippen molar-refractivity contribution in [2.24, 2.45) is 0 Å². The van der Waals surface area contributed by atoms with Crippen LogP contribution < -0.4 is 0 Å². The molecule has 2 N–H and O–H groups in total. The van der Waals surface area contributed by atoms with Gasteiger partial charge in [0, 0.05) is 5.69 Å². The van der Waals surface area contributed by atoms with Crippen LogP contribution >= 0.6 is 0 Å². The van der Waals surface area contributed by atoms with E-state index in [9.17, 15) is 9.50 Å². The molecule has 2 aromatic rings. The highest BCUT2D eigenvalue weighted by Crippen LogP contribution is 2.27. The molecule has 2 nitrogen and oxygen atoms in total. The Morgan fingerprint density at radius 3 is 2.12 bits per heavy atom. The van der Waals surface area contributed by atoms with Crippen molar-refractivity contribution in [3.05, 3.63) is 58.2 Å². The smallest absolute Gasteiger partial charge is 0.123 e. The monoisotopic (exact) mass is 233 g/mol. The van der Waals surface area contributed by atoms with Gasteiger partial charge in [-0.25, -0.2) is 4.39 Å². The third kappa shape index (κ3) is 2.11. The van der Waals surface area contributed by atoms with Crippen molar-refractivity contribution in [2.75, 3.05) is 0 Å². The molecule has 0 aliphatic rings. The fourth-order valence-electron chi connectivity index (χ4n) is 1.96. The Labute approximate surface area is 100 Å². The standard InChI is InChI=1S/C14H16FNO/c1-8-9(2)13(16-10(8)3)14(17)11-4-6-12(15)7-5-11/h4-7,14,16-17H,1-3H3. The molecule has 0 saturated heterocycles. The molecule has 0 bridgehead atoms. The summed E-state index contributed by atoms with van der Waals surface area (Å²) in [5, 5.41) is 10.2. The first-order valence-corrected chi connectivity index (χ1v) is 5.60. The highest BCUT2D eigenvalue weighted by molar-refractivity contribution is 5.39. The topological polar surface area (TPSA) is 36.0 Å². The summed E-state index contributed by atoms with van der Waals surface area (Å²) in [5.41, 5.74) is 4.74. The number of aryl methyl sites for hydroxylation is 1. The minimum atomic E-state index is -0.733. The van der Waals surface area contributed by atoms with Crippen LogP contribution in [0.4, 0.5) is 4.39 Å². The summed E-state index contributed by atoms with van der Waals surface area (Å²) < 4.78 is 12.8. The van der Waals surface area contributed by atoms with Gasteiger partial charge in [-0.15, -0.1) is 0 Å². The molecule has 0 spiro atoms. The lowest BCUT2D eigenvalue weighted by atomic mass is 10.0. The van der Waals surface area contributed by atoms with Gasteiger partial charge >= 0.3 is 0 Å². The summed E-state index contributed by atoms with van der Waals surface area (Å²) in [4.78, 5) is 3.18. The van der Waals surface area contributed by atoms with E-state index in [1.54, 1.807) is 12.1 Å². The molecule has 0 radical (unpaired) electrons. The first-order chi connectivity index (χ1) is 8.00. The second-order valence-electron chi connectivity index (χ2n) is 4.37. The van der Waals surface area contributed by atoms with E-state index in [1.807, 2.05) is 20.8 Å². The quantitative estimate of drug-likeness (QED) is 0.821. The van der Waals surface area contributed by atoms with Crippen LogP contribution in [0, 0.1) is 26.6 Å². The number of aliphatic hydroxyl groups is 1. The number of benzene rings is 1. The van der Waals surface area contributed by atoms with Crippen LogP contribution in [0.1, 0.15) is 34.2 Å². The zero-order valence-corrected chi connectivity index (χ0v) is 10.2. The molecule has 0 fully saturated rings. The normalized spacial score (nSPS) is 12.8. The number of nitrogens with one attached hydrogen (secondary N) is 1. The van der Waals surface area contributed by atoms with E-state index >= 15 is 0 Å². The van der Waals surface area contributed by atoms with E-state index in [-0.39, 0.29) is 5.82 Å². The van der Waals surface area contributed by atoms with Gasteiger partial charge in [0.25, 0.3) is 0 Å². The number of halogens is 1. The second-order valence-corrected chi connectivity index (χ2v) is 4.37. The van der Waals surface area contributed by atoms with E-state index in [0.717, 1.165) is 22.5 Å². The maximum Gasteiger partial charge on any atom is 0.123 e. The van der Waals surface area contributed by atoms with Gasteiger partial charge < -0.3 is 10.1 Å². The Morgan fingerprint density at radius 1 is 1.06 bits per heavy atom. The predicted molar refractivity (Wildman–Crippen MR) is 65.5 cm³/mol. The summed E-state index contributed by atoms with van der Waals surface area (Å²) in [6, 6.07) is 5.92. The van der Waals surface area contributed by atoms with Gasteiger partial charge in [0.05, 0.1) is 5.69 Å². The molecule has 0 aliphatic carbocycles. The molecule has 1 atom stereocenters. The van der Waals surface area contributed by atoms with Crippen LogP contribution in [-0.4, -0.2) is 10.1 Å². The van der Waals surface area contributed by atoms with Gasteiger partial charge in [0.1, 0.15) is 11.9 Å². The maximum atomic E-state index is 12.8. The van der Waals surface area contributed by atoms with E-state index in [2.05, 4.69) is 4.98 Å². The molecule has 17 heavy (non-hydrogen) atoms. The minimum Gasteiger partial charge on any atom is -0.382 e. The van der Waals surface area contributed by atoms with Crippen molar-refractivity contribution in [3.8, 4) is 0 Å². The average molecular weight is 233 g/mol. The number of hydrogen-bond acceptors (Lipinski definition) is 1. The van der Waals surface area contributed by atoms with E-state index in [1.165, 1.54) is 12.1 Å². The first kappa shape index (κ1) is 11.9. The van der Waals surface area contributed by atoms with E-state index < -0.39 is 6.10 Å². The fourth-order valence-corrected chi connectivity index (χ4v) is 1.96. The van der Waals surface area contributed by atoms with Gasteiger partial charge in [-0.1, -0.05) is 12.1 Å². The van der Waals surface area contributed by atoms with Crippen LogP contribution in [0.15, 0.2) is 24.3 Å². The molecule has 1 aromatic heterocycles. The molecule has 0 saturated carbocycles. The van der Waals surface area contributed by atoms with Crippen molar-refractivity contribution in [1.82, 2.24) is 4.98 Å². The Kier molecular flexibility index (Phi) is 3.03. The van der Waals surface area contributed by atoms with E-state index in [0.29, 0.717) is 5.56 Å². The molecular weight excluding hydrogens is 217 g/mol. The summed E-state index contributed by atoms with van der Waals surface area (Å²) in [7, 11) is 0. The van der Waals surface area contributed by atoms with Crippen molar-refractivity contribution < 1.29 is 9.50 Å². The Balaban J connectivity index is 2.40. The largest absolute Gasteiger partial charge is 0.382 e. The van der Waals surface area contributed by atoms with Crippen LogP contribution in [0.3, 0.4) is 0 Å². The molecule has 3 heteroatoms. The summed E-state index contributed by atoms with van der Waals surface area (Å²) in [5.74, 6) is -0.295. The summed E-state index contributed by atoms with van der Waals surface area (Å²) >= 11 is 0. The molecular formula is C14H16FNO. The third-order valence-electron chi connectivity index (χ3n) is 3.31. The van der Waals surface area contributed by atoms with Crippen molar-refractivity contribution >= 4 is 0 Å². The maximum absolute atomic E-state index is 12.8. The molecule has 1 aromatic carbocycles. The lowest BCUT2D eigenvalue weighted by molar-refractivity contribution is 0.215. The minimum absolute atomic E-state index is 0.295. The molecule has 2 rings (SSSR count). The molecule has 0 aliphatic heterocycles. The Hall–Kier alpha value is -1.61. The summed E-state index contributed by atoms with van der Waals surface area (Å²) in [6.45, 7) is 5.96. The molecule has 1 unspecified atom stereocenters. The number of aliphatic hydroxyl groups excluding tert-OH is 1. The van der Waals surface area contributed by atoms with Crippen LogP contribution in [0.2, 0.25) is 0 Å². The number of aromatic amines is 1. The zero-order valence-electron chi connectivity index (χ0n) is 10.2. The highest BCUT2D eigenvalue weighted by atomic mass is 19.1. The van der Waals surface area contributed by atoms with Gasteiger partial charge in [0.15, 0.2) is 0 Å². The van der Waals surface area contributed by atoms with Gasteiger partial charge in [-0.3, -0.25) is 0 Å². The van der Waals surface area contributed by atoms with Crippen LogP contribution in [0.5, 0.6) is 0 Å². The number of rotatable bonds is 2. The zero-order chi connectivity index (χ0) is 12.6. The van der Waals surface area contributed by atoms with Crippen LogP contribution in [0.25, 0.3) is 0 Å². The number of H-pyrrole nitrogens is 1. The molecule has 0 amide bonds. The third-order valence-corrected chi connectivity index (χ3v) is 3.31. The fraction of sp³-hybridized carbons (Fsp3) is 0.286. The first-order valence-electron chi connectivity index (χ1n) is 5.60. The average Bonchev–Trinajstić information content (AvgIpc) is 2.57. The number of aromatic nitrogens is 1. The SMILES string of the molecule is Cc1[nH]c(C(O)c2ccc(F)cc2)c(C)c1C. The van der Waals surface area contributed by atoms with Gasteiger partial charge in [-0.05, 0) is 49.6 Å². The Morgan fingerprint density at radius 2 is 1.65 bits per heavy atom. The highest BCUT2D eigenvalue weighted by Gasteiger charge is 2.17. The predicted octanol–water partition coefficient (Wildman–Crippen LogP) is 3.16. The molecule has 90 valence electrons. The van der Waals surface area contributed by atoms with Crippen molar-refractivity contribution in [2.45, 2.75) is 26.9 Å². The van der Waals surface area contributed by atoms with E-state index in [4.69, 9.17) is 0 Å². The van der Waals surface area contributed by atoms with Crippen LogP contribution in [-0.2, 0) is 0 Å². The lowest BCUT2D eigenvalue weighted by Crippen LogP contribution is -2.02. The van der Waals surface area contributed by atoms with Crippen molar-refractivity contribution in [3.63, 3.8) is 0 Å².